The highest BCUT2D eigenvalue weighted by molar-refractivity contribution is 5.38. The van der Waals surface area contributed by atoms with Gasteiger partial charge in [-0.1, -0.05) is 0 Å². The van der Waals surface area contributed by atoms with E-state index in [1.165, 1.54) is 0 Å². The Kier molecular flexibility index (Phi) is 3.00. The number of imidazole rings is 1. The second kappa shape index (κ2) is 4.81. The third-order valence-electron chi connectivity index (χ3n) is 3.02. The molecule has 0 radical (unpaired) electrons. The third kappa shape index (κ3) is 2.48. The Bertz CT molecular complexity index is 696. The molecule has 3 aromatic rings. The first-order valence-electron chi connectivity index (χ1n) is 6.20. The van der Waals surface area contributed by atoms with Crippen LogP contribution in [-0.2, 0) is 20.1 Å². The normalized spacial score (nSPS) is 11.3. The summed E-state index contributed by atoms with van der Waals surface area (Å²) < 4.78 is 3.82. The zero-order valence-corrected chi connectivity index (χ0v) is 11.0. The Balaban J connectivity index is 1.66. The maximum absolute atomic E-state index is 4.37. The van der Waals surface area contributed by atoms with Crippen LogP contribution in [0.15, 0.2) is 30.9 Å². The van der Waals surface area contributed by atoms with Crippen LogP contribution >= 0.6 is 0 Å². The maximum Gasteiger partial charge on any atom is 0.155 e. The zero-order valence-electron chi connectivity index (χ0n) is 11.0. The van der Waals surface area contributed by atoms with Crippen LogP contribution in [0.25, 0.3) is 5.65 Å². The van der Waals surface area contributed by atoms with Gasteiger partial charge in [0.15, 0.2) is 5.65 Å². The van der Waals surface area contributed by atoms with E-state index in [0.717, 1.165) is 35.8 Å². The molecule has 6 nitrogen and oxygen atoms in total. The molecule has 0 saturated carbocycles. The van der Waals surface area contributed by atoms with Crippen LogP contribution in [-0.4, -0.2) is 24.1 Å². The molecule has 3 aromatic heterocycles. The average molecular weight is 256 g/mol. The summed E-state index contributed by atoms with van der Waals surface area (Å²) in [6, 6.07) is 1.96. The topological polar surface area (TPSA) is 60.0 Å². The lowest BCUT2D eigenvalue weighted by Gasteiger charge is -2.05. The van der Waals surface area contributed by atoms with Crippen molar-refractivity contribution in [3.8, 4) is 0 Å². The van der Waals surface area contributed by atoms with Gasteiger partial charge < -0.3 is 9.88 Å². The summed E-state index contributed by atoms with van der Waals surface area (Å²) in [5.74, 6) is 1.02. The molecule has 3 heterocycles. The van der Waals surface area contributed by atoms with Gasteiger partial charge in [0.1, 0.15) is 5.82 Å². The van der Waals surface area contributed by atoms with Crippen molar-refractivity contribution >= 4 is 5.65 Å². The number of aromatic nitrogens is 5. The Morgan fingerprint density at radius 1 is 1.26 bits per heavy atom. The fourth-order valence-corrected chi connectivity index (χ4v) is 2.01. The Hall–Kier alpha value is -2.21. The fraction of sp³-hybridized carbons (Fsp3) is 0.308. The van der Waals surface area contributed by atoms with E-state index in [-0.39, 0.29) is 0 Å². The Labute approximate surface area is 111 Å². The predicted octanol–water partition coefficient (Wildman–Crippen LogP) is 1.06. The summed E-state index contributed by atoms with van der Waals surface area (Å²) >= 11 is 0. The summed E-state index contributed by atoms with van der Waals surface area (Å²) in [5, 5.41) is 7.71. The second-order valence-corrected chi connectivity index (χ2v) is 4.61. The summed E-state index contributed by atoms with van der Waals surface area (Å²) in [4.78, 5) is 8.64. The molecule has 19 heavy (non-hydrogen) atoms. The van der Waals surface area contributed by atoms with Gasteiger partial charge in [-0.25, -0.2) is 14.5 Å². The van der Waals surface area contributed by atoms with E-state index in [1.54, 1.807) is 6.20 Å². The minimum atomic E-state index is 0.736. The van der Waals surface area contributed by atoms with Crippen LogP contribution in [0.5, 0.6) is 0 Å². The minimum Gasteiger partial charge on any atom is -0.337 e. The average Bonchev–Trinajstić information content (AvgIpc) is 2.94. The molecular formula is C13H16N6. The molecule has 0 aliphatic heterocycles. The molecule has 0 aromatic carbocycles. The molecule has 0 aliphatic carbocycles. The first-order valence-corrected chi connectivity index (χ1v) is 6.20. The van der Waals surface area contributed by atoms with E-state index in [0.29, 0.717) is 0 Å². The molecule has 0 fully saturated rings. The number of rotatable bonds is 4. The molecule has 0 amide bonds. The first kappa shape index (κ1) is 11.9. The van der Waals surface area contributed by atoms with Gasteiger partial charge in [-0.2, -0.15) is 5.10 Å². The fourth-order valence-electron chi connectivity index (χ4n) is 2.01. The quantitative estimate of drug-likeness (QED) is 0.758. The van der Waals surface area contributed by atoms with Gasteiger partial charge in [0.05, 0.1) is 12.2 Å². The van der Waals surface area contributed by atoms with Crippen LogP contribution in [0.3, 0.4) is 0 Å². The van der Waals surface area contributed by atoms with Gasteiger partial charge in [0.25, 0.3) is 0 Å². The minimum absolute atomic E-state index is 0.736. The van der Waals surface area contributed by atoms with Crippen molar-refractivity contribution in [2.45, 2.75) is 20.0 Å². The molecule has 0 atom stereocenters. The smallest absolute Gasteiger partial charge is 0.155 e. The van der Waals surface area contributed by atoms with Crippen molar-refractivity contribution < 1.29 is 0 Å². The summed E-state index contributed by atoms with van der Waals surface area (Å²) in [6.07, 6.45) is 7.62. The largest absolute Gasteiger partial charge is 0.337 e. The van der Waals surface area contributed by atoms with Crippen LogP contribution in [0.4, 0.5) is 0 Å². The van der Waals surface area contributed by atoms with E-state index < -0.39 is 0 Å². The molecule has 98 valence electrons. The molecule has 1 N–H and O–H groups in total. The van der Waals surface area contributed by atoms with Crippen molar-refractivity contribution in [1.29, 1.82) is 0 Å². The molecule has 0 bridgehead atoms. The number of hydrogen-bond donors (Lipinski definition) is 1. The van der Waals surface area contributed by atoms with Crippen molar-refractivity contribution in [2.75, 3.05) is 0 Å². The highest BCUT2D eigenvalue weighted by Crippen LogP contribution is 2.05. The van der Waals surface area contributed by atoms with E-state index in [2.05, 4.69) is 20.4 Å². The molecule has 6 heteroatoms. The van der Waals surface area contributed by atoms with Gasteiger partial charge >= 0.3 is 0 Å². The lowest BCUT2D eigenvalue weighted by atomic mass is 10.3. The van der Waals surface area contributed by atoms with Crippen molar-refractivity contribution in [2.24, 2.45) is 7.05 Å². The summed E-state index contributed by atoms with van der Waals surface area (Å²) in [7, 11) is 1.99. The van der Waals surface area contributed by atoms with E-state index in [9.17, 15) is 0 Å². The summed E-state index contributed by atoms with van der Waals surface area (Å²) in [5.41, 5.74) is 2.96. The predicted molar refractivity (Wildman–Crippen MR) is 71.5 cm³/mol. The van der Waals surface area contributed by atoms with Gasteiger partial charge in [0.2, 0.25) is 0 Å². The molecule has 0 saturated heterocycles. The molecular weight excluding hydrogens is 240 g/mol. The second-order valence-electron chi connectivity index (χ2n) is 4.61. The van der Waals surface area contributed by atoms with Crippen LogP contribution in [0, 0.1) is 6.92 Å². The maximum atomic E-state index is 4.37. The first-order chi connectivity index (χ1) is 9.22. The van der Waals surface area contributed by atoms with Gasteiger partial charge in [-0.3, -0.25) is 0 Å². The number of hydrogen-bond acceptors (Lipinski definition) is 4. The third-order valence-corrected chi connectivity index (χ3v) is 3.02. The van der Waals surface area contributed by atoms with Gasteiger partial charge in [-0.15, -0.1) is 0 Å². The monoisotopic (exact) mass is 256 g/mol. The molecule has 0 unspecified atom stereocenters. The Morgan fingerprint density at radius 3 is 2.95 bits per heavy atom. The summed E-state index contributed by atoms with van der Waals surface area (Å²) in [6.45, 7) is 3.45. The number of nitrogens with zero attached hydrogens (tertiary/aromatic N) is 5. The number of nitrogens with one attached hydrogen (secondary N) is 1. The highest BCUT2D eigenvalue weighted by Gasteiger charge is 2.02. The zero-order chi connectivity index (χ0) is 13.2. The molecule has 0 spiro atoms. The van der Waals surface area contributed by atoms with E-state index in [1.807, 2.05) is 47.7 Å². The van der Waals surface area contributed by atoms with Gasteiger partial charge in [0, 0.05) is 50.0 Å². The van der Waals surface area contributed by atoms with Gasteiger partial charge in [-0.05, 0) is 6.92 Å². The standard InChI is InChI=1S/C13H16N6/c1-10-5-12-16-7-11(9-19(12)17-10)6-14-8-13-15-3-4-18(13)2/h3-5,7,9,14H,6,8H2,1-2H3. The van der Waals surface area contributed by atoms with Crippen molar-refractivity contribution in [3.05, 3.63) is 47.9 Å². The number of fused-ring (bicyclic) bond motifs is 1. The lowest BCUT2D eigenvalue weighted by Crippen LogP contribution is -2.16. The van der Waals surface area contributed by atoms with Crippen molar-refractivity contribution in [1.82, 2.24) is 29.5 Å². The lowest BCUT2D eigenvalue weighted by molar-refractivity contribution is 0.635. The van der Waals surface area contributed by atoms with Crippen molar-refractivity contribution in [3.63, 3.8) is 0 Å². The van der Waals surface area contributed by atoms with Crippen LogP contribution in [0.2, 0.25) is 0 Å². The molecule has 3 rings (SSSR count). The van der Waals surface area contributed by atoms with E-state index in [4.69, 9.17) is 0 Å². The SMILES string of the molecule is Cc1cc2ncc(CNCc3nccn3C)cn2n1. The van der Waals surface area contributed by atoms with Crippen LogP contribution in [0.1, 0.15) is 17.1 Å². The highest BCUT2D eigenvalue weighted by atomic mass is 15.2. The Morgan fingerprint density at radius 2 is 2.16 bits per heavy atom. The van der Waals surface area contributed by atoms with Crippen LogP contribution < -0.4 is 5.32 Å². The number of aryl methyl sites for hydroxylation is 2. The molecule has 0 aliphatic rings. The van der Waals surface area contributed by atoms with E-state index >= 15 is 0 Å².